The van der Waals surface area contributed by atoms with Crippen LogP contribution in [0.4, 0.5) is 5.69 Å². The number of carboxylic acids is 1. The van der Waals surface area contributed by atoms with Gasteiger partial charge in [-0.25, -0.2) is 0 Å². The summed E-state index contributed by atoms with van der Waals surface area (Å²) in [4.78, 5) is 22.2. The van der Waals surface area contributed by atoms with Gasteiger partial charge in [0.25, 0.3) is 0 Å². The molecular formula is C13H18N2O3S. The number of benzene rings is 1. The highest BCUT2D eigenvalue weighted by Crippen LogP contribution is 2.16. The van der Waals surface area contributed by atoms with Crippen molar-refractivity contribution in [1.29, 1.82) is 0 Å². The second kappa shape index (κ2) is 7.16. The molecule has 0 heterocycles. The minimum Gasteiger partial charge on any atom is -0.480 e. The van der Waals surface area contributed by atoms with E-state index in [0.717, 1.165) is 16.8 Å². The molecule has 1 atom stereocenters. The maximum Gasteiger partial charge on any atom is 0.321 e. The second-order valence-corrected chi connectivity index (χ2v) is 5.36. The molecule has 6 heteroatoms. The Bertz CT molecular complexity index is 477. The number of carbonyl (C=O) groups excluding carboxylic acids is 1. The molecule has 0 spiro atoms. The Morgan fingerprint density at radius 1 is 1.42 bits per heavy atom. The van der Waals surface area contributed by atoms with Gasteiger partial charge in [-0.15, -0.1) is 11.8 Å². The highest BCUT2D eigenvalue weighted by molar-refractivity contribution is 8.00. The molecule has 1 aromatic carbocycles. The largest absolute Gasteiger partial charge is 0.480 e. The fraction of sp³-hybridized carbons (Fsp3) is 0.385. The molecule has 0 saturated heterocycles. The fourth-order valence-electron chi connectivity index (χ4n) is 1.41. The molecule has 5 nitrogen and oxygen atoms in total. The van der Waals surface area contributed by atoms with E-state index < -0.39 is 12.0 Å². The minimum absolute atomic E-state index is 0.156. The van der Waals surface area contributed by atoms with Crippen molar-refractivity contribution in [1.82, 2.24) is 0 Å². The van der Waals surface area contributed by atoms with Gasteiger partial charge in [0.05, 0.1) is 5.75 Å². The number of rotatable bonds is 6. The first kappa shape index (κ1) is 15.5. The van der Waals surface area contributed by atoms with E-state index in [1.54, 1.807) is 0 Å². The van der Waals surface area contributed by atoms with Crippen LogP contribution in [-0.4, -0.2) is 34.5 Å². The average molecular weight is 282 g/mol. The molecule has 1 aromatic rings. The van der Waals surface area contributed by atoms with Crippen LogP contribution in [0.25, 0.3) is 0 Å². The number of nitrogens with one attached hydrogen (secondary N) is 1. The van der Waals surface area contributed by atoms with E-state index in [-0.39, 0.29) is 17.4 Å². The van der Waals surface area contributed by atoms with Gasteiger partial charge >= 0.3 is 5.97 Å². The Balaban J connectivity index is 2.43. The van der Waals surface area contributed by atoms with Crippen molar-refractivity contribution < 1.29 is 14.7 Å². The van der Waals surface area contributed by atoms with Gasteiger partial charge in [-0.2, -0.15) is 0 Å². The summed E-state index contributed by atoms with van der Waals surface area (Å²) in [6.07, 6.45) is 0. The molecule has 1 rings (SSSR count). The van der Waals surface area contributed by atoms with Crippen LogP contribution in [0.15, 0.2) is 18.2 Å². The number of carbonyl (C=O) groups is 2. The summed E-state index contributed by atoms with van der Waals surface area (Å²) >= 11 is 1.21. The standard InChI is InChI=1S/C13H18N2O3S/c1-8-3-4-9(2)11(5-8)15-12(16)7-19-6-10(14)13(17)18/h3-5,10H,6-7,14H2,1-2H3,(H,15,16)(H,17,18)/t10-/m0/s1. The molecule has 1 amide bonds. The van der Waals surface area contributed by atoms with Crippen molar-refractivity contribution in [3.63, 3.8) is 0 Å². The Kier molecular flexibility index (Phi) is 5.85. The second-order valence-electron chi connectivity index (χ2n) is 4.33. The number of aliphatic carboxylic acids is 1. The van der Waals surface area contributed by atoms with Crippen LogP contribution in [0.1, 0.15) is 11.1 Å². The van der Waals surface area contributed by atoms with Gasteiger partial charge in [-0.05, 0) is 31.0 Å². The lowest BCUT2D eigenvalue weighted by Gasteiger charge is -2.10. The summed E-state index contributed by atoms with van der Waals surface area (Å²) in [7, 11) is 0. The van der Waals surface area contributed by atoms with Gasteiger partial charge in [0.2, 0.25) is 5.91 Å². The SMILES string of the molecule is Cc1ccc(C)c(NC(=O)CSC[C@H](N)C(=O)O)c1. The van der Waals surface area contributed by atoms with Gasteiger partial charge < -0.3 is 16.2 Å². The fourth-order valence-corrected chi connectivity index (χ4v) is 2.18. The zero-order valence-electron chi connectivity index (χ0n) is 11.0. The van der Waals surface area contributed by atoms with E-state index in [9.17, 15) is 9.59 Å². The van der Waals surface area contributed by atoms with Crippen LogP contribution in [0.3, 0.4) is 0 Å². The molecule has 0 unspecified atom stereocenters. The number of amides is 1. The molecule has 104 valence electrons. The van der Waals surface area contributed by atoms with Crippen LogP contribution < -0.4 is 11.1 Å². The zero-order chi connectivity index (χ0) is 14.4. The third kappa shape index (κ3) is 5.32. The number of anilines is 1. The first-order chi connectivity index (χ1) is 8.90. The molecule has 19 heavy (non-hydrogen) atoms. The van der Waals surface area contributed by atoms with E-state index in [2.05, 4.69) is 5.32 Å². The van der Waals surface area contributed by atoms with Gasteiger partial charge in [0.15, 0.2) is 0 Å². The highest BCUT2D eigenvalue weighted by atomic mass is 32.2. The first-order valence-electron chi connectivity index (χ1n) is 5.83. The van der Waals surface area contributed by atoms with Crippen molar-refractivity contribution in [2.75, 3.05) is 16.8 Å². The van der Waals surface area contributed by atoms with Crippen LogP contribution >= 0.6 is 11.8 Å². The van der Waals surface area contributed by atoms with Gasteiger partial charge in [0, 0.05) is 11.4 Å². The Morgan fingerprint density at radius 2 is 2.11 bits per heavy atom. The van der Waals surface area contributed by atoms with E-state index in [4.69, 9.17) is 10.8 Å². The normalized spacial score (nSPS) is 11.9. The van der Waals surface area contributed by atoms with Crippen molar-refractivity contribution in [3.05, 3.63) is 29.3 Å². The van der Waals surface area contributed by atoms with Crippen LogP contribution in [-0.2, 0) is 9.59 Å². The Hall–Kier alpha value is -1.53. The quantitative estimate of drug-likeness (QED) is 0.733. The molecule has 0 bridgehead atoms. The summed E-state index contributed by atoms with van der Waals surface area (Å²) in [5.74, 6) is -0.803. The van der Waals surface area contributed by atoms with Crippen LogP contribution in [0, 0.1) is 13.8 Å². The van der Waals surface area contributed by atoms with Crippen LogP contribution in [0.2, 0.25) is 0 Å². The van der Waals surface area contributed by atoms with E-state index in [1.807, 2.05) is 32.0 Å². The summed E-state index contributed by atoms with van der Waals surface area (Å²) in [5, 5.41) is 11.4. The molecule has 0 radical (unpaired) electrons. The molecule has 0 aliphatic heterocycles. The van der Waals surface area contributed by atoms with E-state index in [1.165, 1.54) is 11.8 Å². The maximum absolute atomic E-state index is 11.7. The maximum atomic E-state index is 11.7. The van der Waals surface area contributed by atoms with Gasteiger partial charge in [-0.3, -0.25) is 9.59 Å². The first-order valence-corrected chi connectivity index (χ1v) is 6.99. The minimum atomic E-state index is -1.05. The summed E-state index contributed by atoms with van der Waals surface area (Å²) in [6, 6.07) is 4.89. The monoisotopic (exact) mass is 282 g/mol. The Labute approximate surface area is 116 Å². The third-order valence-corrected chi connectivity index (χ3v) is 3.58. The van der Waals surface area contributed by atoms with E-state index >= 15 is 0 Å². The van der Waals surface area contributed by atoms with Crippen molar-refractivity contribution in [2.24, 2.45) is 5.73 Å². The van der Waals surface area contributed by atoms with Gasteiger partial charge in [0.1, 0.15) is 6.04 Å². The number of aryl methyl sites for hydroxylation is 2. The number of thioether (sulfide) groups is 1. The lowest BCUT2D eigenvalue weighted by molar-refractivity contribution is -0.137. The third-order valence-electron chi connectivity index (χ3n) is 2.51. The molecule has 4 N–H and O–H groups in total. The van der Waals surface area contributed by atoms with Crippen LogP contribution in [0.5, 0.6) is 0 Å². The number of nitrogens with two attached hydrogens (primary N) is 1. The summed E-state index contributed by atoms with van der Waals surface area (Å²) in [5.41, 5.74) is 8.20. The predicted octanol–water partition coefficient (Wildman–Crippen LogP) is 1.39. The average Bonchev–Trinajstić information content (AvgIpc) is 2.33. The number of hydrogen-bond acceptors (Lipinski definition) is 4. The predicted molar refractivity (Wildman–Crippen MR) is 77.5 cm³/mol. The van der Waals surface area contributed by atoms with Gasteiger partial charge in [-0.1, -0.05) is 12.1 Å². The molecule has 0 saturated carbocycles. The summed E-state index contributed by atoms with van der Waals surface area (Å²) < 4.78 is 0. The molecule has 0 aliphatic rings. The highest BCUT2D eigenvalue weighted by Gasteiger charge is 2.12. The smallest absolute Gasteiger partial charge is 0.321 e. The van der Waals surface area contributed by atoms with Crippen molar-refractivity contribution in [2.45, 2.75) is 19.9 Å². The molecule has 0 fully saturated rings. The molecule has 0 aromatic heterocycles. The molecule has 0 aliphatic carbocycles. The summed E-state index contributed by atoms with van der Waals surface area (Å²) in [6.45, 7) is 3.87. The zero-order valence-corrected chi connectivity index (χ0v) is 11.8. The number of carboxylic acid groups (broad SMARTS) is 1. The van der Waals surface area contributed by atoms with Crippen molar-refractivity contribution >= 4 is 29.3 Å². The molecular weight excluding hydrogens is 264 g/mol. The van der Waals surface area contributed by atoms with E-state index in [0.29, 0.717) is 0 Å². The lowest BCUT2D eigenvalue weighted by atomic mass is 10.1. The lowest BCUT2D eigenvalue weighted by Crippen LogP contribution is -2.33. The van der Waals surface area contributed by atoms with Crippen molar-refractivity contribution in [3.8, 4) is 0 Å². The topological polar surface area (TPSA) is 92.4 Å². The Morgan fingerprint density at radius 3 is 2.74 bits per heavy atom. The number of hydrogen-bond donors (Lipinski definition) is 3.